The van der Waals surface area contributed by atoms with Gasteiger partial charge in [-0.2, -0.15) is 22.1 Å². The first kappa shape index (κ1) is 18.9. The van der Waals surface area contributed by atoms with E-state index in [0.717, 1.165) is 41.2 Å². The van der Waals surface area contributed by atoms with Crippen molar-refractivity contribution in [3.05, 3.63) is 29.5 Å². The number of hydrogen-bond donors (Lipinski definition) is 0. The van der Waals surface area contributed by atoms with Crippen LogP contribution in [0, 0.1) is 13.8 Å². The second-order valence-electron chi connectivity index (χ2n) is 6.99. The Labute approximate surface area is 155 Å². The largest absolute Gasteiger partial charge is 0.281 e. The lowest BCUT2D eigenvalue weighted by Gasteiger charge is -2.33. The molecule has 2 aromatic rings. The molecule has 0 aliphatic carbocycles. The number of hydrogen-bond acceptors (Lipinski definition) is 5. The molecule has 9 heteroatoms. The fourth-order valence-corrected chi connectivity index (χ4v) is 4.66. The van der Waals surface area contributed by atoms with Gasteiger partial charge >= 0.3 is 0 Å². The first-order valence-corrected chi connectivity index (χ1v) is 10.1. The van der Waals surface area contributed by atoms with Crippen molar-refractivity contribution >= 4 is 10.2 Å². The Morgan fingerprint density at radius 2 is 1.96 bits per heavy atom. The maximum absolute atomic E-state index is 12.4. The van der Waals surface area contributed by atoms with Gasteiger partial charge < -0.3 is 0 Å². The summed E-state index contributed by atoms with van der Waals surface area (Å²) in [4.78, 5) is 9.18. The highest BCUT2D eigenvalue weighted by Gasteiger charge is 2.32. The summed E-state index contributed by atoms with van der Waals surface area (Å²) >= 11 is 0. The topological polar surface area (TPSA) is 84.2 Å². The average molecular weight is 379 g/mol. The molecular formula is C17H26N6O2S. The van der Waals surface area contributed by atoms with Crippen LogP contribution in [-0.4, -0.2) is 64.0 Å². The second kappa shape index (κ2) is 7.05. The molecule has 1 fully saturated rings. The minimum atomic E-state index is -3.41. The Hall–Kier alpha value is -1.84. The summed E-state index contributed by atoms with van der Waals surface area (Å²) in [7, 11) is 1.63. The molecular weight excluding hydrogens is 352 g/mol. The van der Waals surface area contributed by atoms with Crippen molar-refractivity contribution in [3.63, 3.8) is 0 Å². The van der Waals surface area contributed by atoms with Crippen LogP contribution in [-0.2, 0) is 17.3 Å². The molecule has 1 aliphatic rings. The molecule has 26 heavy (non-hydrogen) atoms. The molecule has 0 spiro atoms. The van der Waals surface area contributed by atoms with Crippen molar-refractivity contribution in [2.75, 3.05) is 27.2 Å². The van der Waals surface area contributed by atoms with E-state index in [4.69, 9.17) is 4.98 Å². The number of nitrogens with zero attached hydrogens (tertiary/aromatic N) is 6. The van der Waals surface area contributed by atoms with Crippen LogP contribution < -0.4 is 0 Å². The van der Waals surface area contributed by atoms with Crippen molar-refractivity contribution in [2.45, 2.75) is 32.6 Å². The second-order valence-corrected chi connectivity index (χ2v) is 9.13. The van der Waals surface area contributed by atoms with Crippen molar-refractivity contribution in [3.8, 4) is 11.3 Å². The summed E-state index contributed by atoms with van der Waals surface area (Å²) in [5.41, 5.74) is 4.57. The lowest BCUT2D eigenvalue weighted by atomic mass is 9.96. The van der Waals surface area contributed by atoms with E-state index in [1.165, 1.54) is 8.61 Å². The zero-order chi connectivity index (χ0) is 19.1. The number of rotatable bonds is 4. The van der Waals surface area contributed by atoms with Gasteiger partial charge in [-0.05, 0) is 26.7 Å². The molecule has 3 heterocycles. The lowest BCUT2D eigenvalue weighted by molar-refractivity contribution is 0.296. The molecule has 3 rings (SSSR count). The Kier molecular flexibility index (Phi) is 5.14. The summed E-state index contributed by atoms with van der Waals surface area (Å²) in [5.74, 6) is 0.0446. The molecule has 1 saturated heterocycles. The molecule has 0 saturated carbocycles. The van der Waals surface area contributed by atoms with Crippen LogP contribution in [0.5, 0.6) is 0 Å². The highest BCUT2D eigenvalue weighted by Crippen LogP contribution is 2.30. The minimum Gasteiger partial charge on any atom is -0.272 e. The highest BCUT2D eigenvalue weighted by molar-refractivity contribution is 7.86. The van der Waals surface area contributed by atoms with Gasteiger partial charge in [-0.1, -0.05) is 0 Å². The van der Waals surface area contributed by atoms with E-state index < -0.39 is 10.2 Å². The molecule has 142 valence electrons. The van der Waals surface area contributed by atoms with E-state index >= 15 is 0 Å². The van der Waals surface area contributed by atoms with E-state index in [1.54, 1.807) is 26.5 Å². The molecule has 1 unspecified atom stereocenters. The molecule has 0 radical (unpaired) electrons. The van der Waals surface area contributed by atoms with Crippen LogP contribution >= 0.6 is 0 Å². The van der Waals surface area contributed by atoms with E-state index in [1.807, 2.05) is 25.6 Å². The number of aryl methyl sites for hydroxylation is 2. The predicted octanol–water partition coefficient (Wildman–Crippen LogP) is 1.48. The molecule has 1 aliphatic heterocycles. The number of aromatic nitrogens is 4. The summed E-state index contributed by atoms with van der Waals surface area (Å²) in [6, 6.07) is 0. The van der Waals surface area contributed by atoms with Crippen LogP contribution in [0.15, 0.2) is 12.4 Å². The van der Waals surface area contributed by atoms with E-state index in [9.17, 15) is 8.42 Å². The van der Waals surface area contributed by atoms with Gasteiger partial charge in [0, 0.05) is 57.6 Å². The van der Waals surface area contributed by atoms with Gasteiger partial charge in [0.1, 0.15) is 0 Å². The fourth-order valence-electron chi connectivity index (χ4n) is 3.47. The van der Waals surface area contributed by atoms with Crippen LogP contribution in [0.2, 0.25) is 0 Å². The lowest BCUT2D eigenvalue weighted by Crippen LogP contribution is -2.45. The standard InChI is InChI=1S/C17H26N6O2S/c1-12-17(13(2)22(5)20-12)16-10-18-9-15(19-16)14-7-6-8-23(11-14)26(24,25)21(3)4/h9-10,14H,6-8,11H2,1-5H3. The SMILES string of the molecule is Cc1nn(C)c(C)c1-c1cncc(C2CCCN(S(=O)(=O)N(C)C)C2)n1. The van der Waals surface area contributed by atoms with E-state index in [-0.39, 0.29) is 5.92 Å². The third-order valence-corrected chi connectivity index (χ3v) is 6.92. The maximum atomic E-state index is 12.4. The predicted molar refractivity (Wildman–Crippen MR) is 99.9 cm³/mol. The third-order valence-electron chi connectivity index (χ3n) is 5.01. The van der Waals surface area contributed by atoms with E-state index in [2.05, 4.69) is 10.1 Å². The van der Waals surface area contributed by atoms with Crippen molar-refractivity contribution in [1.82, 2.24) is 28.4 Å². The molecule has 0 aromatic carbocycles. The van der Waals surface area contributed by atoms with Gasteiger partial charge in [0.05, 0.1) is 23.3 Å². The van der Waals surface area contributed by atoms with Crippen molar-refractivity contribution in [1.29, 1.82) is 0 Å². The quantitative estimate of drug-likeness (QED) is 0.805. The van der Waals surface area contributed by atoms with Gasteiger partial charge in [0.25, 0.3) is 10.2 Å². The monoisotopic (exact) mass is 378 g/mol. The molecule has 8 nitrogen and oxygen atoms in total. The fraction of sp³-hybridized carbons (Fsp3) is 0.588. The highest BCUT2D eigenvalue weighted by atomic mass is 32.2. The molecule has 1 atom stereocenters. The third kappa shape index (κ3) is 3.38. The smallest absolute Gasteiger partial charge is 0.272 e. The summed E-state index contributed by atoms with van der Waals surface area (Å²) < 4.78 is 29.5. The van der Waals surface area contributed by atoms with E-state index in [0.29, 0.717) is 13.1 Å². The van der Waals surface area contributed by atoms with Gasteiger partial charge in [-0.25, -0.2) is 4.98 Å². The normalized spacial score (nSPS) is 19.2. The molecule has 0 amide bonds. The van der Waals surface area contributed by atoms with Gasteiger partial charge in [0.2, 0.25) is 0 Å². The first-order valence-electron chi connectivity index (χ1n) is 8.72. The summed E-state index contributed by atoms with van der Waals surface area (Å²) in [5, 5.41) is 4.45. The van der Waals surface area contributed by atoms with Crippen LogP contribution in [0.4, 0.5) is 0 Å². The van der Waals surface area contributed by atoms with Crippen LogP contribution in [0.25, 0.3) is 11.3 Å². The Morgan fingerprint density at radius 1 is 1.23 bits per heavy atom. The summed E-state index contributed by atoms with van der Waals surface area (Å²) in [6.45, 7) is 4.95. The molecule has 2 aromatic heterocycles. The minimum absolute atomic E-state index is 0.0446. The zero-order valence-corrected chi connectivity index (χ0v) is 16.8. The molecule has 0 N–H and O–H groups in total. The Bertz CT molecular complexity index is 906. The Morgan fingerprint density at radius 3 is 2.58 bits per heavy atom. The van der Waals surface area contributed by atoms with Crippen LogP contribution in [0.1, 0.15) is 35.8 Å². The first-order chi connectivity index (χ1) is 12.2. The summed E-state index contributed by atoms with van der Waals surface area (Å²) in [6.07, 6.45) is 5.22. The van der Waals surface area contributed by atoms with Crippen molar-refractivity contribution < 1.29 is 8.42 Å². The zero-order valence-electron chi connectivity index (χ0n) is 16.0. The van der Waals surface area contributed by atoms with Crippen molar-refractivity contribution in [2.24, 2.45) is 7.05 Å². The number of piperidine rings is 1. The van der Waals surface area contributed by atoms with Gasteiger partial charge in [0.15, 0.2) is 0 Å². The van der Waals surface area contributed by atoms with Gasteiger partial charge in [-0.15, -0.1) is 0 Å². The maximum Gasteiger partial charge on any atom is 0.281 e. The van der Waals surface area contributed by atoms with Crippen LogP contribution in [0.3, 0.4) is 0 Å². The Balaban J connectivity index is 1.91. The molecule has 0 bridgehead atoms. The van der Waals surface area contributed by atoms with Gasteiger partial charge in [-0.3, -0.25) is 9.67 Å². The average Bonchev–Trinajstić information content (AvgIpc) is 2.87.